The van der Waals surface area contributed by atoms with Gasteiger partial charge in [-0.05, 0) is 11.6 Å². The molecule has 1 aromatic heterocycles. The molecule has 1 unspecified atom stereocenters. The van der Waals surface area contributed by atoms with Crippen LogP contribution in [-0.2, 0) is 11.8 Å². The van der Waals surface area contributed by atoms with Crippen molar-refractivity contribution in [2.75, 3.05) is 6.54 Å². The number of hydrogen-bond acceptors (Lipinski definition) is 1. The van der Waals surface area contributed by atoms with Gasteiger partial charge in [-0.1, -0.05) is 18.2 Å². The molecule has 0 spiro atoms. The van der Waals surface area contributed by atoms with Crippen molar-refractivity contribution < 1.29 is 4.79 Å². The molecule has 0 saturated carbocycles. The number of carbonyl (C=O) groups excluding carboxylic acids is 1. The molecule has 0 bridgehead atoms. The van der Waals surface area contributed by atoms with Gasteiger partial charge in [0.05, 0.1) is 0 Å². The second kappa shape index (κ2) is 3.37. The Morgan fingerprint density at radius 3 is 2.94 bits per heavy atom. The van der Waals surface area contributed by atoms with Gasteiger partial charge in [-0.3, -0.25) is 4.79 Å². The number of aryl methyl sites for hydroxylation is 1. The van der Waals surface area contributed by atoms with Gasteiger partial charge in [0.15, 0.2) is 0 Å². The first-order valence-electron chi connectivity index (χ1n) is 5.56. The second-order valence-electron chi connectivity index (χ2n) is 4.42. The second-order valence-corrected chi connectivity index (χ2v) is 4.42. The van der Waals surface area contributed by atoms with E-state index >= 15 is 0 Å². The first-order valence-corrected chi connectivity index (χ1v) is 5.56. The fourth-order valence-corrected chi connectivity index (χ4v) is 2.52. The Morgan fingerprint density at radius 1 is 1.38 bits per heavy atom. The van der Waals surface area contributed by atoms with Crippen molar-refractivity contribution in [2.45, 2.75) is 12.3 Å². The molecule has 1 fully saturated rings. The van der Waals surface area contributed by atoms with Gasteiger partial charge in [0, 0.05) is 43.0 Å². The average Bonchev–Trinajstić information content (AvgIpc) is 2.84. The molecule has 1 amide bonds. The van der Waals surface area contributed by atoms with E-state index in [1.54, 1.807) is 0 Å². The summed E-state index contributed by atoms with van der Waals surface area (Å²) in [4.78, 5) is 11.3. The fraction of sp³-hybridized carbons (Fsp3) is 0.308. The third kappa shape index (κ3) is 1.32. The first kappa shape index (κ1) is 9.46. The predicted octanol–water partition coefficient (Wildman–Crippen LogP) is 1.78. The Morgan fingerprint density at radius 2 is 2.19 bits per heavy atom. The van der Waals surface area contributed by atoms with Crippen LogP contribution in [0.15, 0.2) is 30.5 Å². The molecular formula is C13H14N2O. The zero-order valence-corrected chi connectivity index (χ0v) is 9.23. The zero-order valence-electron chi connectivity index (χ0n) is 9.23. The molecule has 3 rings (SSSR count). The van der Waals surface area contributed by atoms with Gasteiger partial charge in [-0.2, -0.15) is 0 Å². The van der Waals surface area contributed by atoms with Gasteiger partial charge >= 0.3 is 0 Å². The molecule has 1 aliphatic heterocycles. The number of rotatable bonds is 1. The molecule has 0 radical (unpaired) electrons. The van der Waals surface area contributed by atoms with Crippen LogP contribution < -0.4 is 5.32 Å². The molecule has 1 aliphatic rings. The molecule has 1 atom stereocenters. The van der Waals surface area contributed by atoms with Crippen molar-refractivity contribution in [2.24, 2.45) is 7.05 Å². The van der Waals surface area contributed by atoms with Crippen molar-refractivity contribution in [3.05, 3.63) is 36.0 Å². The SMILES string of the molecule is Cn1cc(C2CNC(=O)C2)c2ccccc21. The minimum absolute atomic E-state index is 0.165. The van der Waals surface area contributed by atoms with E-state index in [1.165, 1.54) is 16.5 Å². The third-order valence-corrected chi connectivity index (χ3v) is 3.35. The predicted molar refractivity (Wildman–Crippen MR) is 63.3 cm³/mol. The molecule has 16 heavy (non-hydrogen) atoms. The Kier molecular flexibility index (Phi) is 1.99. The lowest BCUT2D eigenvalue weighted by Crippen LogP contribution is -2.13. The van der Waals surface area contributed by atoms with Crippen molar-refractivity contribution in [1.29, 1.82) is 0 Å². The quantitative estimate of drug-likeness (QED) is 0.771. The number of benzene rings is 1. The van der Waals surface area contributed by atoms with Crippen molar-refractivity contribution in [1.82, 2.24) is 9.88 Å². The van der Waals surface area contributed by atoms with Crippen molar-refractivity contribution >= 4 is 16.8 Å². The highest BCUT2D eigenvalue weighted by Gasteiger charge is 2.25. The van der Waals surface area contributed by atoms with E-state index in [2.05, 4.69) is 41.3 Å². The largest absolute Gasteiger partial charge is 0.355 e. The van der Waals surface area contributed by atoms with Crippen molar-refractivity contribution in [3.63, 3.8) is 0 Å². The topological polar surface area (TPSA) is 34.0 Å². The lowest BCUT2D eigenvalue weighted by Gasteiger charge is -2.04. The molecule has 1 aromatic carbocycles. The summed E-state index contributed by atoms with van der Waals surface area (Å²) in [6, 6.07) is 8.34. The number of para-hydroxylation sites is 1. The monoisotopic (exact) mass is 214 g/mol. The summed E-state index contributed by atoms with van der Waals surface area (Å²) in [5.41, 5.74) is 2.52. The normalized spacial score (nSPS) is 20.3. The molecule has 2 aromatic rings. The highest BCUT2D eigenvalue weighted by molar-refractivity contribution is 5.87. The van der Waals surface area contributed by atoms with Gasteiger partial charge < -0.3 is 9.88 Å². The highest BCUT2D eigenvalue weighted by atomic mass is 16.1. The molecule has 3 heteroatoms. The van der Waals surface area contributed by atoms with E-state index in [1.807, 2.05) is 6.07 Å². The maximum Gasteiger partial charge on any atom is 0.220 e. The third-order valence-electron chi connectivity index (χ3n) is 3.35. The summed E-state index contributed by atoms with van der Waals surface area (Å²) in [5, 5.41) is 4.16. The lowest BCUT2D eigenvalue weighted by atomic mass is 9.98. The number of aromatic nitrogens is 1. The van der Waals surface area contributed by atoms with E-state index in [0.717, 1.165) is 6.54 Å². The van der Waals surface area contributed by atoms with Crippen LogP contribution in [-0.4, -0.2) is 17.0 Å². The number of amides is 1. The van der Waals surface area contributed by atoms with Gasteiger partial charge in [0.25, 0.3) is 0 Å². The zero-order chi connectivity index (χ0) is 11.1. The van der Waals surface area contributed by atoms with Crippen LogP contribution >= 0.6 is 0 Å². The summed E-state index contributed by atoms with van der Waals surface area (Å²) in [7, 11) is 2.05. The molecular weight excluding hydrogens is 200 g/mol. The molecule has 82 valence electrons. The van der Waals surface area contributed by atoms with E-state index in [4.69, 9.17) is 0 Å². The number of carbonyl (C=O) groups is 1. The maximum absolute atomic E-state index is 11.3. The van der Waals surface area contributed by atoms with Crippen molar-refractivity contribution in [3.8, 4) is 0 Å². The molecule has 2 heterocycles. The summed E-state index contributed by atoms with van der Waals surface area (Å²) >= 11 is 0. The Bertz CT molecular complexity index is 556. The van der Waals surface area contributed by atoms with Crippen LogP contribution in [0.4, 0.5) is 0 Å². The summed E-state index contributed by atoms with van der Waals surface area (Å²) in [6.07, 6.45) is 2.77. The number of nitrogens with one attached hydrogen (secondary N) is 1. The van der Waals surface area contributed by atoms with E-state index in [-0.39, 0.29) is 5.91 Å². The Hall–Kier alpha value is -1.77. The van der Waals surface area contributed by atoms with Crippen LogP contribution in [0.1, 0.15) is 17.9 Å². The molecule has 1 saturated heterocycles. The average molecular weight is 214 g/mol. The fourth-order valence-electron chi connectivity index (χ4n) is 2.52. The minimum atomic E-state index is 0.165. The first-order chi connectivity index (χ1) is 7.75. The summed E-state index contributed by atoms with van der Waals surface area (Å²) in [6.45, 7) is 0.771. The lowest BCUT2D eigenvalue weighted by molar-refractivity contribution is -0.119. The number of nitrogens with zero attached hydrogens (tertiary/aromatic N) is 1. The van der Waals surface area contributed by atoms with Crippen LogP contribution in [0.3, 0.4) is 0 Å². The van der Waals surface area contributed by atoms with Gasteiger partial charge in [-0.25, -0.2) is 0 Å². The van der Waals surface area contributed by atoms with Crippen LogP contribution in [0.5, 0.6) is 0 Å². The van der Waals surface area contributed by atoms with Gasteiger partial charge in [0.2, 0.25) is 5.91 Å². The number of fused-ring (bicyclic) bond motifs is 1. The summed E-state index contributed by atoms with van der Waals surface area (Å²) < 4.78 is 2.13. The highest BCUT2D eigenvalue weighted by Crippen LogP contribution is 2.30. The molecule has 0 aliphatic carbocycles. The van der Waals surface area contributed by atoms with Crippen LogP contribution in [0.2, 0.25) is 0 Å². The van der Waals surface area contributed by atoms with Crippen LogP contribution in [0.25, 0.3) is 10.9 Å². The van der Waals surface area contributed by atoms with E-state index < -0.39 is 0 Å². The van der Waals surface area contributed by atoms with Gasteiger partial charge in [0.1, 0.15) is 0 Å². The molecule has 1 N–H and O–H groups in total. The van der Waals surface area contributed by atoms with E-state index in [0.29, 0.717) is 12.3 Å². The van der Waals surface area contributed by atoms with Crippen LogP contribution in [0, 0.1) is 0 Å². The smallest absolute Gasteiger partial charge is 0.220 e. The van der Waals surface area contributed by atoms with Gasteiger partial charge in [-0.15, -0.1) is 0 Å². The Balaban J connectivity index is 2.13. The number of hydrogen-bond donors (Lipinski definition) is 1. The maximum atomic E-state index is 11.3. The Labute approximate surface area is 94.1 Å². The molecule has 3 nitrogen and oxygen atoms in total. The standard InChI is InChI=1S/C13H14N2O/c1-15-8-11(9-6-13(16)14-7-9)10-4-2-3-5-12(10)15/h2-5,8-9H,6-7H2,1H3,(H,14,16). The summed E-state index contributed by atoms with van der Waals surface area (Å²) in [5.74, 6) is 0.497. The van der Waals surface area contributed by atoms with E-state index in [9.17, 15) is 4.79 Å². The minimum Gasteiger partial charge on any atom is -0.355 e.